The van der Waals surface area contributed by atoms with Gasteiger partial charge in [-0.3, -0.25) is 0 Å². The number of hydrogen-bond acceptors (Lipinski definition) is 5. The molecule has 0 aliphatic heterocycles. The highest BCUT2D eigenvalue weighted by Gasteiger charge is 2.14. The Kier molecular flexibility index (Phi) is 4.45. The first kappa shape index (κ1) is 13.1. The molecule has 1 rings (SSSR count). The van der Waals surface area contributed by atoms with Gasteiger partial charge in [0.2, 0.25) is 10.0 Å². The number of thiophene rings is 1. The molecule has 0 spiro atoms. The summed E-state index contributed by atoms with van der Waals surface area (Å²) in [6, 6.07) is 1.44. The molecule has 0 radical (unpaired) electrons. The smallest absolute Gasteiger partial charge is 0.247 e. The van der Waals surface area contributed by atoms with Crippen molar-refractivity contribution < 1.29 is 13.6 Å². The first-order chi connectivity index (χ1) is 7.49. The lowest BCUT2D eigenvalue weighted by atomic mass is 10.1. The molecule has 90 valence electrons. The topological polar surface area (TPSA) is 92.8 Å². The average Bonchev–Trinajstić information content (AvgIpc) is 2.68. The monoisotopic (exact) mass is 262 g/mol. The predicted octanol–water partition coefficient (Wildman–Crippen LogP) is 1.76. The number of sulfonamides is 1. The maximum atomic E-state index is 11.1. The summed E-state index contributed by atoms with van der Waals surface area (Å²) in [5.41, 5.74) is 1.11. The van der Waals surface area contributed by atoms with Gasteiger partial charge in [0.25, 0.3) is 0 Å². The summed E-state index contributed by atoms with van der Waals surface area (Å²) < 4.78 is 22.2. The third-order valence-corrected chi connectivity index (χ3v) is 4.46. The van der Waals surface area contributed by atoms with Crippen LogP contribution >= 0.6 is 11.3 Å². The summed E-state index contributed by atoms with van der Waals surface area (Å²) >= 11 is 1.03. The van der Waals surface area contributed by atoms with E-state index in [2.05, 4.69) is 5.16 Å². The van der Waals surface area contributed by atoms with Crippen LogP contribution in [0.4, 0.5) is 0 Å². The summed E-state index contributed by atoms with van der Waals surface area (Å²) in [6.45, 7) is 2.03. The second-order valence-corrected chi connectivity index (χ2v) is 6.05. The molecule has 0 bridgehead atoms. The Balaban J connectivity index is 2.92. The van der Waals surface area contributed by atoms with E-state index in [4.69, 9.17) is 10.3 Å². The zero-order valence-corrected chi connectivity index (χ0v) is 10.5. The highest BCUT2D eigenvalue weighted by Crippen LogP contribution is 2.20. The van der Waals surface area contributed by atoms with Crippen LogP contribution in [0.15, 0.2) is 20.8 Å². The van der Waals surface area contributed by atoms with Crippen LogP contribution in [0.1, 0.15) is 31.7 Å². The Morgan fingerprint density at radius 1 is 1.62 bits per heavy atom. The van der Waals surface area contributed by atoms with E-state index >= 15 is 0 Å². The van der Waals surface area contributed by atoms with Crippen molar-refractivity contribution in [3.05, 3.63) is 17.0 Å². The SMILES string of the molecule is CCCC/C(=N/O)c1csc(S(N)(=O)=O)c1. The van der Waals surface area contributed by atoms with E-state index in [0.29, 0.717) is 17.7 Å². The molecule has 0 aliphatic carbocycles. The molecule has 0 fully saturated rings. The Bertz CT molecular complexity index is 477. The molecule has 3 N–H and O–H groups in total. The van der Waals surface area contributed by atoms with Crippen molar-refractivity contribution in [1.82, 2.24) is 0 Å². The van der Waals surface area contributed by atoms with Crippen LogP contribution in [0.3, 0.4) is 0 Å². The van der Waals surface area contributed by atoms with Gasteiger partial charge < -0.3 is 5.21 Å². The maximum absolute atomic E-state index is 11.1. The minimum atomic E-state index is -3.66. The maximum Gasteiger partial charge on any atom is 0.247 e. The van der Waals surface area contributed by atoms with Crippen LogP contribution < -0.4 is 5.14 Å². The van der Waals surface area contributed by atoms with Crippen LogP contribution in [0, 0.1) is 0 Å². The lowest BCUT2D eigenvalue weighted by Gasteiger charge is -1.99. The van der Waals surface area contributed by atoms with E-state index < -0.39 is 10.0 Å². The van der Waals surface area contributed by atoms with Gasteiger partial charge in [0.15, 0.2) is 0 Å². The van der Waals surface area contributed by atoms with Gasteiger partial charge in [0, 0.05) is 10.9 Å². The summed E-state index contributed by atoms with van der Waals surface area (Å²) in [6.07, 6.45) is 2.49. The molecule has 0 saturated carbocycles. The molecule has 7 heteroatoms. The molecule has 16 heavy (non-hydrogen) atoms. The number of oxime groups is 1. The van der Waals surface area contributed by atoms with Crippen LogP contribution in [0.5, 0.6) is 0 Å². The first-order valence-electron chi connectivity index (χ1n) is 4.81. The highest BCUT2D eigenvalue weighted by atomic mass is 32.2. The van der Waals surface area contributed by atoms with Crippen LogP contribution in [0.25, 0.3) is 0 Å². The summed E-state index contributed by atoms with van der Waals surface area (Å²) in [7, 11) is -3.66. The standard InChI is InChI=1S/C9H14N2O3S2/c1-2-3-4-8(11-12)7-5-9(15-6-7)16(10,13)14/h5-6,12H,2-4H2,1H3,(H2,10,13,14)/b11-8-. The van der Waals surface area contributed by atoms with E-state index in [9.17, 15) is 8.42 Å². The lowest BCUT2D eigenvalue weighted by molar-refractivity contribution is 0.318. The molecular weight excluding hydrogens is 248 g/mol. The fourth-order valence-corrected chi connectivity index (χ4v) is 2.83. The molecule has 5 nitrogen and oxygen atoms in total. The van der Waals surface area contributed by atoms with Gasteiger partial charge in [-0.25, -0.2) is 13.6 Å². The van der Waals surface area contributed by atoms with E-state index in [-0.39, 0.29) is 4.21 Å². The van der Waals surface area contributed by atoms with Gasteiger partial charge in [-0.15, -0.1) is 11.3 Å². The normalized spacial score (nSPS) is 13.0. The first-order valence-corrected chi connectivity index (χ1v) is 7.24. The molecule has 1 aromatic rings. The van der Waals surface area contributed by atoms with Crippen molar-refractivity contribution in [2.75, 3.05) is 0 Å². The Morgan fingerprint density at radius 3 is 2.75 bits per heavy atom. The summed E-state index contributed by atoms with van der Waals surface area (Å²) in [5.74, 6) is 0. The fourth-order valence-electron chi connectivity index (χ4n) is 1.21. The number of unbranched alkanes of at least 4 members (excludes halogenated alkanes) is 1. The molecule has 1 heterocycles. The zero-order valence-electron chi connectivity index (χ0n) is 8.88. The quantitative estimate of drug-likeness (QED) is 0.481. The molecule has 0 amide bonds. The highest BCUT2D eigenvalue weighted by molar-refractivity contribution is 7.91. The van der Waals surface area contributed by atoms with Crippen molar-refractivity contribution >= 4 is 27.1 Å². The molecule has 1 aromatic heterocycles. The van der Waals surface area contributed by atoms with Gasteiger partial charge in [0.1, 0.15) is 4.21 Å². The molecule has 0 aromatic carbocycles. The number of primary sulfonamides is 1. The van der Waals surface area contributed by atoms with Gasteiger partial charge in [-0.2, -0.15) is 0 Å². The summed E-state index contributed by atoms with van der Waals surface area (Å²) in [5, 5.41) is 18.6. The van der Waals surface area contributed by atoms with Crippen molar-refractivity contribution in [2.45, 2.75) is 30.4 Å². The van der Waals surface area contributed by atoms with Gasteiger partial charge >= 0.3 is 0 Å². The lowest BCUT2D eigenvalue weighted by Crippen LogP contribution is -2.10. The zero-order chi connectivity index (χ0) is 12.2. The van der Waals surface area contributed by atoms with Gasteiger partial charge in [-0.1, -0.05) is 18.5 Å². The Morgan fingerprint density at radius 2 is 2.31 bits per heavy atom. The van der Waals surface area contributed by atoms with Crippen molar-refractivity contribution in [3.8, 4) is 0 Å². The number of hydrogen-bond donors (Lipinski definition) is 2. The van der Waals surface area contributed by atoms with Crippen LogP contribution in [0.2, 0.25) is 0 Å². The molecular formula is C9H14N2O3S2. The van der Waals surface area contributed by atoms with Crippen molar-refractivity contribution in [1.29, 1.82) is 0 Å². The Labute approximate surface area is 98.6 Å². The fraction of sp³-hybridized carbons (Fsp3) is 0.444. The number of nitrogens with zero attached hydrogens (tertiary/aromatic N) is 1. The number of rotatable bonds is 5. The largest absolute Gasteiger partial charge is 0.411 e. The predicted molar refractivity (Wildman–Crippen MR) is 63.5 cm³/mol. The van der Waals surface area contributed by atoms with E-state index in [1.807, 2.05) is 6.92 Å². The van der Waals surface area contributed by atoms with E-state index in [0.717, 1.165) is 24.2 Å². The second-order valence-electron chi connectivity index (χ2n) is 3.35. The van der Waals surface area contributed by atoms with Gasteiger partial charge in [-0.05, 0) is 18.9 Å². The van der Waals surface area contributed by atoms with Crippen molar-refractivity contribution in [2.24, 2.45) is 10.3 Å². The molecule has 0 unspecified atom stereocenters. The Hall–Kier alpha value is -0.920. The number of nitrogens with two attached hydrogens (primary N) is 1. The van der Waals surface area contributed by atoms with Crippen molar-refractivity contribution in [3.63, 3.8) is 0 Å². The third-order valence-electron chi connectivity index (χ3n) is 2.08. The van der Waals surface area contributed by atoms with Gasteiger partial charge in [0.05, 0.1) is 5.71 Å². The minimum absolute atomic E-state index is 0.0835. The third kappa shape index (κ3) is 3.29. The summed E-state index contributed by atoms with van der Waals surface area (Å²) in [4.78, 5) is 0. The minimum Gasteiger partial charge on any atom is -0.411 e. The molecule has 0 aliphatic rings. The average molecular weight is 262 g/mol. The van der Waals surface area contributed by atoms with Crippen LogP contribution in [-0.4, -0.2) is 19.3 Å². The molecule has 0 saturated heterocycles. The molecule has 0 atom stereocenters. The van der Waals surface area contributed by atoms with E-state index in [1.54, 1.807) is 5.38 Å². The van der Waals surface area contributed by atoms with E-state index in [1.165, 1.54) is 6.07 Å². The van der Waals surface area contributed by atoms with Crippen LogP contribution in [-0.2, 0) is 10.0 Å². The second kappa shape index (κ2) is 5.42.